The van der Waals surface area contributed by atoms with E-state index in [4.69, 9.17) is 10.2 Å². The molecular formula is C10H10BrN3O. The number of furan rings is 1. The zero-order valence-corrected chi connectivity index (χ0v) is 9.78. The molecular weight excluding hydrogens is 258 g/mol. The molecule has 0 saturated carbocycles. The summed E-state index contributed by atoms with van der Waals surface area (Å²) in [5.74, 6) is 1.60. The summed E-state index contributed by atoms with van der Waals surface area (Å²) >= 11 is 3.23. The highest BCUT2D eigenvalue weighted by Crippen LogP contribution is 2.23. The SMILES string of the molecule is CCc1cc(N)nc(-c2ccc(Br)o2)n1. The van der Waals surface area contributed by atoms with Crippen molar-refractivity contribution < 1.29 is 4.42 Å². The molecule has 2 aromatic rings. The molecule has 0 aliphatic rings. The lowest BCUT2D eigenvalue weighted by atomic mass is 10.3. The van der Waals surface area contributed by atoms with Crippen LogP contribution in [-0.2, 0) is 6.42 Å². The zero-order valence-electron chi connectivity index (χ0n) is 8.20. The van der Waals surface area contributed by atoms with Crippen LogP contribution < -0.4 is 5.73 Å². The molecule has 2 N–H and O–H groups in total. The number of anilines is 1. The van der Waals surface area contributed by atoms with E-state index in [1.807, 2.05) is 6.92 Å². The van der Waals surface area contributed by atoms with Gasteiger partial charge in [0.25, 0.3) is 0 Å². The molecule has 2 heterocycles. The van der Waals surface area contributed by atoms with Gasteiger partial charge in [0.05, 0.1) is 0 Å². The highest BCUT2D eigenvalue weighted by molar-refractivity contribution is 9.10. The van der Waals surface area contributed by atoms with E-state index >= 15 is 0 Å². The molecule has 0 amide bonds. The van der Waals surface area contributed by atoms with E-state index in [1.165, 1.54) is 0 Å². The van der Waals surface area contributed by atoms with Crippen molar-refractivity contribution in [2.24, 2.45) is 0 Å². The van der Waals surface area contributed by atoms with Crippen molar-refractivity contribution in [3.05, 3.63) is 28.6 Å². The van der Waals surface area contributed by atoms with Gasteiger partial charge in [0.15, 0.2) is 16.3 Å². The first-order chi connectivity index (χ1) is 7.19. The van der Waals surface area contributed by atoms with E-state index < -0.39 is 0 Å². The predicted octanol–water partition coefficient (Wildman–Crippen LogP) is 2.64. The maximum atomic E-state index is 5.67. The Morgan fingerprint density at radius 2 is 2.20 bits per heavy atom. The molecule has 0 saturated heterocycles. The Bertz CT molecular complexity index is 481. The number of hydrogen-bond donors (Lipinski definition) is 1. The lowest BCUT2D eigenvalue weighted by molar-refractivity contribution is 0.551. The summed E-state index contributed by atoms with van der Waals surface area (Å²) in [5.41, 5.74) is 6.58. The lowest BCUT2D eigenvalue weighted by Gasteiger charge is -2.01. The summed E-state index contributed by atoms with van der Waals surface area (Å²) in [6, 6.07) is 5.37. The molecule has 5 heteroatoms. The van der Waals surface area contributed by atoms with Gasteiger partial charge in [-0.25, -0.2) is 9.97 Å². The second-order valence-corrected chi connectivity index (χ2v) is 3.85. The quantitative estimate of drug-likeness (QED) is 0.909. The fraction of sp³-hybridized carbons (Fsp3) is 0.200. The maximum absolute atomic E-state index is 5.67. The summed E-state index contributed by atoms with van der Waals surface area (Å²) in [6.45, 7) is 2.02. The number of nitrogens with two attached hydrogens (primary N) is 1. The molecule has 0 aliphatic carbocycles. The van der Waals surface area contributed by atoms with Crippen LogP contribution in [-0.4, -0.2) is 9.97 Å². The minimum atomic E-state index is 0.462. The second-order valence-electron chi connectivity index (χ2n) is 3.07. The third kappa shape index (κ3) is 2.18. The fourth-order valence-electron chi connectivity index (χ4n) is 1.24. The minimum absolute atomic E-state index is 0.462. The van der Waals surface area contributed by atoms with E-state index in [-0.39, 0.29) is 0 Å². The normalized spacial score (nSPS) is 10.5. The Labute approximate surface area is 95.7 Å². The lowest BCUT2D eigenvalue weighted by Crippen LogP contribution is -1.98. The monoisotopic (exact) mass is 267 g/mol. The molecule has 0 spiro atoms. The van der Waals surface area contributed by atoms with E-state index in [2.05, 4.69) is 25.9 Å². The Morgan fingerprint density at radius 3 is 2.80 bits per heavy atom. The van der Waals surface area contributed by atoms with Gasteiger partial charge in [0.1, 0.15) is 5.82 Å². The Kier molecular flexibility index (Phi) is 2.73. The van der Waals surface area contributed by atoms with Crippen molar-refractivity contribution in [1.82, 2.24) is 9.97 Å². The molecule has 0 radical (unpaired) electrons. The molecule has 4 nitrogen and oxygen atoms in total. The average molecular weight is 268 g/mol. The van der Waals surface area contributed by atoms with E-state index in [9.17, 15) is 0 Å². The number of rotatable bonds is 2. The highest BCUT2D eigenvalue weighted by atomic mass is 79.9. The molecule has 2 aromatic heterocycles. The van der Waals surface area contributed by atoms with Gasteiger partial charge in [-0.05, 0) is 34.5 Å². The molecule has 0 bridgehead atoms. The summed E-state index contributed by atoms with van der Waals surface area (Å²) in [5, 5.41) is 0. The highest BCUT2D eigenvalue weighted by Gasteiger charge is 2.08. The molecule has 0 atom stereocenters. The number of hydrogen-bond acceptors (Lipinski definition) is 4. The van der Waals surface area contributed by atoms with Crippen LogP contribution in [0.25, 0.3) is 11.6 Å². The van der Waals surface area contributed by atoms with Crippen LogP contribution in [0, 0.1) is 0 Å². The van der Waals surface area contributed by atoms with Gasteiger partial charge in [0, 0.05) is 11.8 Å². The van der Waals surface area contributed by atoms with Crippen LogP contribution in [0.15, 0.2) is 27.3 Å². The summed E-state index contributed by atoms with van der Waals surface area (Å²) in [6.07, 6.45) is 0.821. The molecule has 0 aliphatic heterocycles. The zero-order chi connectivity index (χ0) is 10.8. The summed E-state index contributed by atoms with van der Waals surface area (Å²) in [4.78, 5) is 8.45. The Morgan fingerprint density at radius 1 is 1.40 bits per heavy atom. The van der Waals surface area contributed by atoms with Crippen LogP contribution in [0.2, 0.25) is 0 Å². The molecule has 2 rings (SSSR count). The number of halogens is 1. The van der Waals surface area contributed by atoms with Crippen molar-refractivity contribution in [1.29, 1.82) is 0 Å². The van der Waals surface area contributed by atoms with Crippen molar-refractivity contribution in [3.63, 3.8) is 0 Å². The van der Waals surface area contributed by atoms with Gasteiger partial charge in [-0.1, -0.05) is 6.92 Å². The predicted molar refractivity (Wildman–Crippen MR) is 61.2 cm³/mol. The van der Waals surface area contributed by atoms with Gasteiger partial charge in [0.2, 0.25) is 0 Å². The van der Waals surface area contributed by atoms with Crippen LogP contribution in [0.5, 0.6) is 0 Å². The molecule has 15 heavy (non-hydrogen) atoms. The topological polar surface area (TPSA) is 64.9 Å². The van der Waals surface area contributed by atoms with Crippen LogP contribution >= 0.6 is 15.9 Å². The minimum Gasteiger partial charge on any atom is -0.446 e. The number of aryl methyl sites for hydroxylation is 1. The van der Waals surface area contributed by atoms with Gasteiger partial charge < -0.3 is 10.2 Å². The first kappa shape index (κ1) is 10.2. The van der Waals surface area contributed by atoms with Gasteiger partial charge in [-0.3, -0.25) is 0 Å². The molecule has 0 fully saturated rings. The number of nitrogen functional groups attached to an aromatic ring is 1. The molecule has 0 unspecified atom stereocenters. The third-order valence-electron chi connectivity index (χ3n) is 1.95. The van der Waals surface area contributed by atoms with Crippen LogP contribution in [0.4, 0.5) is 5.82 Å². The Hall–Kier alpha value is -1.36. The van der Waals surface area contributed by atoms with Crippen molar-refractivity contribution in [3.8, 4) is 11.6 Å². The van der Waals surface area contributed by atoms with Crippen molar-refractivity contribution in [2.75, 3.05) is 5.73 Å². The summed E-state index contributed by atoms with van der Waals surface area (Å²) < 4.78 is 6.01. The summed E-state index contributed by atoms with van der Waals surface area (Å²) in [7, 11) is 0. The largest absolute Gasteiger partial charge is 0.446 e. The fourth-order valence-corrected chi connectivity index (χ4v) is 1.55. The van der Waals surface area contributed by atoms with Gasteiger partial charge in [-0.2, -0.15) is 0 Å². The average Bonchev–Trinajstić information content (AvgIpc) is 2.64. The van der Waals surface area contributed by atoms with Gasteiger partial charge >= 0.3 is 0 Å². The van der Waals surface area contributed by atoms with Crippen molar-refractivity contribution >= 4 is 21.7 Å². The molecule has 78 valence electrons. The third-order valence-corrected chi connectivity index (χ3v) is 2.38. The smallest absolute Gasteiger partial charge is 0.197 e. The number of aromatic nitrogens is 2. The van der Waals surface area contributed by atoms with Gasteiger partial charge in [-0.15, -0.1) is 0 Å². The first-order valence-corrected chi connectivity index (χ1v) is 5.37. The first-order valence-electron chi connectivity index (χ1n) is 4.58. The molecule has 0 aromatic carbocycles. The van der Waals surface area contributed by atoms with Crippen LogP contribution in [0.3, 0.4) is 0 Å². The van der Waals surface area contributed by atoms with Crippen LogP contribution in [0.1, 0.15) is 12.6 Å². The second kappa shape index (κ2) is 4.02. The Balaban J connectivity index is 2.48. The van der Waals surface area contributed by atoms with E-state index in [0.717, 1.165) is 12.1 Å². The van der Waals surface area contributed by atoms with E-state index in [1.54, 1.807) is 18.2 Å². The maximum Gasteiger partial charge on any atom is 0.197 e. The number of nitrogens with zero attached hydrogens (tertiary/aromatic N) is 2. The standard InChI is InChI=1S/C10H10BrN3O/c1-2-6-5-9(12)14-10(13-6)7-3-4-8(11)15-7/h3-5H,2H2,1H3,(H2,12,13,14). The van der Waals surface area contributed by atoms with Crippen molar-refractivity contribution in [2.45, 2.75) is 13.3 Å². The van der Waals surface area contributed by atoms with E-state index in [0.29, 0.717) is 22.1 Å².